The lowest BCUT2D eigenvalue weighted by molar-refractivity contribution is -0.113. The van der Waals surface area contributed by atoms with E-state index in [0.29, 0.717) is 36.4 Å². The maximum atomic E-state index is 13.0. The zero-order valence-electron chi connectivity index (χ0n) is 15.5. The highest BCUT2D eigenvalue weighted by atomic mass is 35.5. The molecule has 29 heavy (non-hydrogen) atoms. The summed E-state index contributed by atoms with van der Waals surface area (Å²) >= 11 is 19.2. The molecular weight excluding hydrogens is 445 g/mol. The van der Waals surface area contributed by atoms with Gasteiger partial charge in [-0.3, -0.25) is 9.69 Å². The number of carbonyl (C=O) groups is 1. The summed E-state index contributed by atoms with van der Waals surface area (Å²) in [5, 5.41) is 0.999. The first kappa shape index (κ1) is 20.2. The lowest BCUT2D eigenvalue weighted by Gasteiger charge is -2.17. The zero-order valence-corrected chi connectivity index (χ0v) is 18.7. The fourth-order valence-electron chi connectivity index (χ4n) is 3.06. The summed E-state index contributed by atoms with van der Waals surface area (Å²) in [5.74, 6) is 0.900. The van der Waals surface area contributed by atoms with Crippen LogP contribution < -0.4 is 4.90 Å². The molecule has 0 aliphatic carbocycles. The van der Waals surface area contributed by atoms with Gasteiger partial charge in [0.25, 0.3) is 5.91 Å². The van der Waals surface area contributed by atoms with Crippen molar-refractivity contribution in [3.63, 3.8) is 0 Å². The van der Waals surface area contributed by atoms with Crippen molar-refractivity contribution in [1.82, 2.24) is 0 Å². The average Bonchev–Trinajstić information content (AvgIpc) is 3.22. The van der Waals surface area contributed by atoms with Gasteiger partial charge < -0.3 is 4.42 Å². The van der Waals surface area contributed by atoms with E-state index in [2.05, 4.69) is 0 Å². The van der Waals surface area contributed by atoms with E-state index >= 15 is 0 Å². The second kappa shape index (κ2) is 8.00. The smallest absolute Gasteiger partial charge is 0.270 e. The summed E-state index contributed by atoms with van der Waals surface area (Å²) in [4.78, 5) is 15.1. The number of hydrogen-bond acceptors (Lipinski definition) is 4. The van der Waals surface area contributed by atoms with E-state index in [-0.39, 0.29) is 5.91 Å². The minimum Gasteiger partial charge on any atom is -0.457 e. The Morgan fingerprint density at radius 3 is 2.52 bits per heavy atom. The van der Waals surface area contributed by atoms with Gasteiger partial charge in [-0.1, -0.05) is 65.4 Å². The van der Waals surface area contributed by atoms with Gasteiger partial charge in [0.05, 0.1) is 26.2 Å². The molecule has 0 radical (unpaired) electrons. The van der Waals surface area contributed by atoms with Crippen LogP contribution in [-0.2, 0) is 4.79 Å². The number of furan rings is 1. The average molecular weight is 460 g/mol. The second-order valence-electron chi connectivity index (χ2n) is 6.61. The Labute approximate surface area is 188 Å². The number of aryl methyl sites for hydroxylation is 2. The van der Waals surface area contributed by atoms with E-state index in [4.69, 9.17) is 39.8 Å². The number of nitrogens with zero attached hydrogens (tertiary/aromatic N) is 1. The largest absolute Gasteiger partial charge is 0.457 e. The van der Waals surface area contributed by atoms with Gasteiger partial charge in [0.1, 0.15) is 11.5 Å². The molecule has 1 aliphatic heterocycles. The predicted molar refractivity (Wildman–Crippen MR) is 126 cm³/mol. The predicted octanol–water partition coefficient (Wildman–Crippen LogP) is 7.28. The van der Waals surface area contributed by atoms with E-state index in [9.17, 15) is 4.79 Å². The van der Waals surface area contributed by atoms with Crippen LogP contribution in [0.3, 0.4) is 0 Å². The normalized spacial score (nSPS) is 15.6. The standard InChI is InChI=1S/C22H15Cl2NO2S2/c1-12-6-7-13(2)17(10-12)25-21(26)19(29-22(25)28)11-14-8-9-18(27-14)20-15(23)4-3-5-16(20)24/h3-11H,1-2H3. The van der Waals surface area contributed by atoms with Crippen LogP contribution in [0.15, 0.2) is 57.9 Å². The molecule has 0 unspecified atom stereocenters. The van der Waals surface area contributed by atoms with Gasteiger partial charge >= 0.3 is 0 Å². The minimum atomic E-state index is -0.164. The van der Waals surface area contributed by atoms with Crippen LogP contribution in [0, 0.1) is 13.8 Å². The SMILES string of the molecule is Cc1ccc(C)c(N2C(=O)C(=Cc3ccc(-c4c(Cl)cccc4Cl)o3)SC2=S)c1. The lowest BCUT2D eigenvalue weighted by atomic mass is 10.1. The highest BCUT2D eigenvalue weighted by molar-refractivity contribution is 8.27. The van der Waals surface area contributed by atoms with Crippen LogP contribution in [0.2, 0.25) is 10.0 Å². The fourth-order valence-corrected chi connectivity index (χ4v) is 4.91. The number of hydrogen-bond donors (Lipinski definition) is 0. The molecule has 1 saturated heterocycles. The molecule has 0 atom stereocenters. The molecule has 1 aromatic heterocycles. The Hall–Kier alpha value is -2.05. The molecule has 2 heterocycles. The summed E-state index contributed by atoms with van der Waals surface area (Å²) < 4.78 is 6.38. The number of carbonyl (C=O) groups excluding carboxylic acids is 1. The first-order valence-electron chi connectivity index (χ1n) is 8.74. The van der Waals surface area contributed by atoms with E-state index in [1.807, 2.05) is 32.0 Å². The number of rotatable bonds is 3. The van der Waals surface area contributed by atoms with Crippen molar-refractivity contribution >= 4 is 69.2 Å². The molecule has 0 spiro atoms. The van der Waals surface area contributed by atoms with Crippen molar-refractivity contribution in [3.8, 4) is 11.3 Å². The summed E-state index contributed by atoms with van der Waals surface area (Å²) in [6, 6.07) is 14.8. The van der Waals surface area contributed by atoms with Crippen molar-refractivity contribution in [3.05, 3.63) is 80.4 Å². The maximum Gasteiger partial charge on any atom is 0.270 e. The molecule has 0 bridgehead atoms. The van der Waals surface area contributed by atoms with Crippen LogP contribution >= 0.6 is 47.2 Å². The number of anilines is 1. The number of thiocarbonyl (C=S) groups is 1. The minimum absolute atomic E-state index is 0.164. The molecule has 4 rings (SSSR count). The van der Waals surface area contributed by atoms with Gasteiger partial charge in [0, 0.05) is 6.08 Å². The molecule has 1 fully saturated rings. The van der Waals surface area contributed by atoms with Crippen LogP contribution in [0.1, 0.15) is 16.9 Å². The summed E-state index contributed by atoms with van der Waals surface area (Å²) in [7, 11) is 0. The maximum absolute atomic E-state index is 13.0. The Bertz CT molecular complexity index is 1160. The zero-order chi connectivity index (χ0) is 20.7. The topological polar surface area (TPSA) is 33.5 Å². The molecule has 7 heteroatoms. The summed E-state index contributed by atoms with van der Waals surface area (Å²) in [6.45, 7) is 3.95. The van der Waals surface area contributed by atoms with Crippen LogP contribution in [0.4, 0.5) is 5.69 Å². The molecular formula is C22H15Cl2NO2S2. The number of benzene rings is 2. The third kappa shape index (κ3) is 3.88. The third-order valence-corrected chi connectivity index (χ3v) is 6.44. The van der Waals surface area contributed by atoms with E-state index in [0.717, 1.165) is 16.8 Å². The van der Waals surface area contributed by atoms with Gasteiger partial charge in [-0.25, -0.2) is 0 Å². The van der Waals surface area contributed by atoms with Crippen LogP contribution in [-0.4, -0.2) is 10.2 Å². The van der Waals surface area contributed by atoms with E-state index in [1.54, 1.807) is 41.3 Å². The molecule has 0 saturated carbocycles. The van der Waals surface area contributed by atoms with Crippen molar-refractivity contribution in [1.29, 1.82) is 0 Å². The lowest BCUT2D eigenvalue weighted by Crippen LogP contribution is -2.28. The van der Waals surface area contributed by atoms with Gasteiger partial charge in [0.15, 0.2) is 4.32 Å². The van der Waals surface area contributed by atoms with Gasteiger partial charge in [-0.05, 0) is 55.3 Å². The van der Waals surface area contributed by atoms with Crippen molar-refractivity contribution in [2.24, 2.45) is 0 Å². The van der Waals surface area contributed by atoms with Crippen molar-refractivity contribution < 1.29 is 9.21 Å². The van der Waals surface area contributed by atoms with Crippen LogP contribution in [0.25, 0.3) is 17.4 Å². The molecule has 3 aromatic rings. The van der Waals surface area contributed by atoms with E-state index < -0.39 is 0 Å². The van der Waals surface area contributed by atoms with Crippen LogP contribution in [0.5, 0.6) is 0 Å². The number of halogens is 2. The number of thioether (sulfide) groups is 1. The summed E-state index contributed by atoms with van der Waals surface area (Å²) in [6.07, 6.45) is 1.69. The number of amides is 1. The summed E-state index contributed by atoms with van der Waals surface area (Å²) in [5.41, 5.74) is 3.48. The first-order chi connectivity index (χ1) is 13.8. The monoisotopic (exact) mass is 459 g/mol. The Balaban J connectivity index is 1.67. The molecule has 146 valence electrons. The molecule has 1 aliphatic rings. The van der Waals surface area contributed by atoms with Gasteiger partial charge in [0.2, 0.25) is 0 Å². The molecule has 2 aromatic carbocycles. The third-order valence-electron chi connectivity index (χ3n) is 4.51. The molecule has 0 N–H and O–H groups in total. The van der Waals surface area contributed by atoms with Crippen molar-refractivity contribution in [2.75, 3.05) is 4.90 Å². The Morgan fingerprint density at radius 1 is 1.07 bits per heavy atom. The molecule has 1 amide bonds. The molecule has 3 nitrogen and oxygen atoms in total. The second-order valence-corrected chi connectivity index (χ2v) is 9.10. The first-order valence-corrected chi connectivity index (χ1v) is 10.7. The van der Waals surface area contributed by atoms with Gasteiger partial charge in [-0.2, -0.15) is 0 Å². The quantitative estimate of drug-likeness (QED) is 0.304. The highest BCUT2D eigenvalue weighted by Crippen LogP contribution is 2.39. The highest BCUT2D eigenvalue weighted by Gasteiger charge is 2.34. The Kier molecular flexibility index (Phi) is 5.58. The Morgan fingerprint density at radius 2 is 1.79 bits per heavy atom. The van der Waals surface area contributed by atoms with E-state index in [1.165, 1.54) is 11.8 Å². The van der Waals surface area contributed by atoms with Crippen molar-refractivity contribution in [2.45, 2.75) is 13.8 Å². The fraction of sp³-hybridized carbons (Fsp3) is 0.0909. The van der Waals surface area contributed by atoms with Gasteiger partial charge in [-0.15, -0.1) is 0 Å².